The van der Waals surface area contributed by atoms with E-state index in [0.29, 0.717) is 21.2 Å². The third kappa shape index (κ3) is 12.6. The molecular weight excluding hydrogens is 616 g/mol. The molecule has 2 rings (SSSR count). The van der Waals surface area contributed by atoms with Crippen LogP contribution in [0, 0.1) is 0 Å². The summed E-state index contributed by atoms with van der Waals surface area (Å²) in [4.78, 5) is 59.2. The summed E-state index contributed by atoms with van der Waals surface area (Å²) in [6, 6.07) is 4.36. The molecule has 1 heterocycles. The van der Waals surface area contributed by atoms with E-state index >= 15 is 0 Å². The molecule has 0 atom stereocenters. The van der Waals surface area contributed by atoms with Crippen molar-refractivity contribution in [3.8, 4) is 5.75 Å². The first kappa shape index (κ1) is 33.6. The predicted octanol–water partition coefficient (Wildman–Crippen LogP) is -3.51. The average molecular weight is 644 g/mol. The van der Waals surface area contributed by atoms with Gasteiger partial charge in [0.05, 0.1) is 62.5 Å². The van der Waals surface area contributed by atoms with Gasteiger partial charge in [-0.15, -0.1) is 0 Å². The summed E-state index contributed by atoms with van der Waals surface area (Å²) in [6.07, 6.45) is 0. The summed E-state index contributed by atoms with van der Waals surface area (Å²) in [5, 5.41) is 33.0. The minimum absolute atomic E-state index is 0.0125. The van der Waals surface area contributed by atoms with E-state index in [1.807, 2.05) is 0 Å². The van der Waals surface area contributed by atoms with E-state index in [-0.39, 0.29) is 51.7 Å². The van der Waals surface area contributed by atoms with Crippen molar-refractivity contribution < 1.29 is 57.9 Å². The van der Waals surface area contributed by atoms with Crippen molar-refractivity contribution in [2.75, 3.05) is 72.8 Å². The van der Waals surface area contributed by atoms with Crippen molar-refractivity contribution in [3.63, 3.8) is 0 Å². The summed E-state index contributed by atoms with van der Waals surface area (Å²) in [6.45, 7) is -2.11. The SMILES string of the molecule is COc1cc2oc(=O)cc(COC(=O)CN(CCOCCOCCN(CC(=O)[O-])CC(=O)[O-])CC(=O)[O-])c2cc1Br. The van der Waals surface area contributed by atoms with Crippen molar-refractivity contribution in [3.05, 3.63) is 38.7 Å². The molecule has 0 aliphatic carbocycles. The first-order valence-electron chi connectivity index (χ1n) is 12.1. The van der Waals surface area contributed by atoms with E-state index in [9.17, 15) is 39.3 Å². The van der Waals surface area contributed by atoms with Gasteiger partial charge in [0.2, 0.25) is 0 Å². The number of nitrogens with zero attached hydrogens (tertiary/aromatic N) is 2. The summed E-state index contributed by atoms with van der Waals surface area (Å²) >= 11 is 3.35. The molecule has 0 aliphatic rings. The van der Waals surface area contributed by atoms with Gasteiger partial charge in [-0.2, -0.15) is 0 Å². The summed E-state index contributed by atoms with van der Waals surface area (Å²) < 4.78 is 26.9. The number of halogens is 1. The molecule has 0 spiro atoms. The van der Waals surface area contributed by atoms with Gasteiger partial charge < -0.3 is 53.1 Å². The maximum absolute atomic E-state index is 12.4. The number of carbonyl (C=O) groups excluding carboxylic acids is 4. The third-order valence-corrected chi connectivity index (χ3v) is 6.00. The number of carboxylic acids is 3. The zero-order valence-corrected chi connectivity index (χ0v) is 23.7. The van der Waals surface area contributed by atoms with Crippen LogP contribution in [-0.2, 0) is 40.0 Å². The number of aliphatic carboxylic acids is 3. The number of methoxy groups -OCH3 is 1. The van der Waals surface area contributed by atoms with E-state index < -0.39 is 55.7 Å². The van der Waals surface area contributed by atoms with Crippen LogP contribution < -0.4 is 25.7 Å². The van der Waals surface area contributed by atoms with Crippen molar-refractivity contribution >= 4 is 50.8 Å². The summed E-state index contributed by atoms with van der Waals surface area (Å²) in [7, 11) is 1.45. The fourth-order valence-corrected chi connectivity index (χ4v) is 4.08. The Bertz CT molecular complexity index is 1250. The highest BCUT2D eigenvalue weighted by molar-refractivity contribution is 9.10. The summed E-state index contributed by atoms with van der Waals surface area (Å²) in [5.41, 5.74) is -0.0408. The highest BCUT2D eigenvalue weighted by Gasteiger charge is 2.15. The number of esters is 1. The Morgan fingerprint density at radius 3 is 1.88 bits per heavy atom. The Balaban J connectivity index is 1.79. The van der Waals surface area contributed by atoms with Crippen LogP contribution in [0.3, 0.4) is 0 Å². The van der Waals surface area contributed by atoms with Crippen LogP contribution in [0.15, 0.2) is 31.9 Å². The van der Waals surface area contributed by atoms with Crippen LogP contribution in [0.5, 0.6) is 5.75 Å². The Morgan fingerprint density at radius 1 is 0.829 bits per heavy atom. The van der Waals surface area contributed by atoms with Crippen molar-refractivity contribution in [1.82, 2.24) is 9.80 Å². The van der Waals surface area contributed by atoms with Gasteiger partial charge in [-0.1, -0.05) is 0 Å². The smallest absolute Gasteiger partial charge is 0.336 e. The van der Waals surface area contributed by atoms with Crippen molar-refractivity contribution in [2.24, 2.45) is 0 Å². The molecule has 0 unspecified atom stereocenters. The molecule has 0 saturated heterocycles. The molecule has 0 amide bonds. The van der Waals surface area contributed by atoms with Gasteiger partial charge in [0.15, 0.2) is 0 Å². The van der Waals surface area contributed by atoms with Crippen LogP contribution >= 0.6 is 15.9 Å². The largest absolute Gasteiger partial charge is 0.549 e. The fraction of sp³-hybridized carbons (Fsp3) is 0.480. The molecule has 16 heteroatoms. The van der Waals surface area contributed by atoms with Crippen LogP contribution in [0.4, 0.5) is 0 Å². The van der Waals surface area contributed by atoms with Gasteiger partial charge in [0.1, 0.15) is 17.9 Å². The highest BCUT2D eigenvalue weighted by Crippen LogP contribution is 2.31. The Hall–Kier alpha value is -3.57. The topological polar surface area (TPSA) is 211 Å². The van der Waals surface area contributed by atoms with E-state index in [0.717, 1.165) is 4.90 Å². The van der Waals surface area contributed by atoms with Gasteiger partial charge in [0.25, 0.3) is 0 Å². The minimum atomic E-state index is -1.44. The number of hydrogen-bond donors (Lipinski definition) is 0. The fourth-order valence-electron chi connectivity index (χ4n) is 3.58. The second-order valence-corrected chi connectivity index (χ2v) is 9.35. The van der Waals surface area contributed by atoms with Gasteiger partial charge in [-0.05, 0) is 22.0 Å². The first-order chi connectivity index (χ1) is 19.5. The van der Waals surface area contributed by atoms with Crippen LogP contribution in [0.2, 0.25) is 0 Å². The molecule has 1 aromatic carbocycles. The maximum Gasteiger partial charge on any atom is 0.336 e. The van der Waals surface area contributed by atoms with Gasteiger partial charge >= 0.3 is 11.6 Å². The minimum Gasteiger partial charge on any atom is -0.549 e. The monoisotopic (exact) mass is 643 g/mol. The number of fused-ring (bicyclic) bond motifs is 1. The molecule has 41 heavy (non-hydrogen) atoms. The van der Waals surface area contributed by atoms with Crippen LogP contribution in [0.1, 0.15) is 5.56 Å². The zero-order chi connectivity index (χ0) is 30.4. The van der Waals surface area contributed by atoms with Gasteiger partial charge in [0, 0.05) is 55.8 Å². The number of carboxylic acid groups (broad SMARTS) is 3. The number of rotatable bonds is 20. The van der Waals surface area contributed by atoms with Gasteiger partial charge in [-0.25, -0.2) is 4.79 Å². The molecular formula is C25H28BrN2O13-3. The van der Waals surface area contributed by atoms with E-state index in [4.69, 9.17) is 23.4 Å². The standard InChI is InChI=1S/C25H31BrN2O13/c1-37-20-10-19-17(9-18(20)26)16(8-24(35)41-19)15-40-25(36)14-28(13-23(33)34)3-5-39-7-6-38-4-2-27(11-21(29)30)12-22(31)32/h8-10H,2-7,11-15H2,1H3,(H,29,30)(H,31,32)(H,33,34)/p-3. The number of ether oxygens (including phenoxy) is 4. The van der Waals surface area contributed by atoms with Crippen LogP contribution in [-0.4, -0.2) is 106 Å². The highest BCUT2D eigenvalue weighted by atomic mass is 79.9. The lowest BCUT2D eigenvalue weighted by Gasteiger charge is -2.23. The third-order valence-electron chi connectivity index (χ3n) is 5.38. The molecule has 0 aliphatic heterocycles. The van der Waals surface area contributed by atoms with Gasteiger partial charge in [-0.3, -0.25) is 14.6 Å². The Morgan fingerprint density at radius 2 is 1.37 bits per heavy atom. The normalized spacial score (nSPS) is 11.2. The van der Waals surface area contributed by atoms with Crippen LogP contribution in [0.25, 0.3) is 11.0 Å². The Kier molecular flexibility index (Phi) is 14.2. The van der Waals surface area contributed by atoms with E-state index in [1.165, 1.54) is 24.1 Å². The lowest BCUT2D eigenvalue weighted by Crippen LogP contribution is -2.45. The predicted molar refractivity (Wildman–Crippen MR) is 136 cm³/mol. The lowest BCUT2D eigenvalue weighted by atomic mass is 10.1. The van der Waals surface area contributed by atoms with E-state index in [1.54, 1.807) is 6.07 Å². The molecule has 0 radical (unpaired) electrons. The second-order valence-electron chi connectivity index (χ2n) is 8.50. The number of hydrogen-bond acceptors (Lipinski definition) is 15. The molecule has 2 aromatic rings. The zero-order valence-electron chi connectivity index (χ0n) is 22.1. The molecule has 0 bridgehead atoms. The number of benzene rings is 1. The molecule has 0 N–H and O–H groups in total. The molecule has 0 fully saturated rings. The van der Waals surface area contributed by atoms with Crippen molar-refractivity contribution in [2.45, 2.75) is 6.61 Å². The average Bonchev–Trinajstić information content (AvgIpc) is 2.87. The quantitative estimate of drug-likeness (QED) is 0.0777. The molecule has 1 aromatic heterocycles. The first-order valence-corrected chi connectivity index (χ1v) is 12.9. The second kappa shape index (κ2) is 17.3. The molecule has 15 nitrogen and oxygen atoms in total. The lowest BCUT2D eigenvalue weighted by molar-refractivity contribution is -0.311. The molecule has 226 valence electrons. The van der Waals surface area contributed by atoms with E-state index in [2.05, 4.69) is 15.9 Å². The summed E-state index contributed by atoms with van der Waals surface area (Å²) in [5.74, 6) is -4.59. The Labute approximate surface area is 242 Å². The van der Waals surface area contributed by atoms with Crippen molar-refractivity contribution in [1.29, 1.82) is 0 Å². The molecule has 0 saturated carbocycles. The maximum atomic E-state index is 12.4. The number of carbonyl (C=O) groups is 4.